The van der Waals surface area contributed by atoms with E-state index in [0.29, 0.717) is 25.9 Å². The molecule has 134 valence electrons. The summed E-state index contributed by atoms with van der Waals surface area (Å²) >= 11 is 0. The zero-order valence-electron chi connectivity index (χ0n) is 14.8. The largest absolute Gasteiger partial charge is 0.497 e. The molecule has 0 unspecified atom stereocenters. The molecule has 0 atom stereocenters. The van der Waals surface area contributed by atoms with E-state index < -0.39 is 11.6 Å². The summed E-state index contributed by atoms with van der Waals surface area (Å²) in [5, 5.41) is 8.81. The van der Waals surface area contributed by atoms with E-state index >= 15 is 0 Å². The van der Waals surface area contributed by atoms with Crippen LogP contribution in [0.5, 0.6) is 5.75 Å². The minimum absolute atomic E-state index is 0.321. The molecule has 0 radical (unpaired) electrons. The third-order valence-electron chi connectivity index (χ3n) is 3.47. The van der Waals surface area contributed by atoms with Gasteiger partial charge in [0.25, 0.3) is 0 Å². The van der Waals surface area contributed by atoms with Gasteiger partial charge in [-0.05, 0) is 45.7 Å². The number of carboxylic acid groups (broad SMARTS) is 1. The Balaban J connectivity index is 0.000000300. The molecule has 1 aliphatic heterocycles. The third kappa shape index (κ3) is 7.35. The van der Waals surface area contributed by atoms with Gasteiger partial charge in [0.2, 0.25) is 0 Å². The van der Waals surface area contributed by atoms with Gasteiger partial charge in [-0.2, -0.15) is 0 Å². The maximum absolute atomic E-state index is 11.6. The highest BCUT2D eigenvalue weighted by atomic mass is 16.6. The first kappa shape index (κ1) is 19.8. The lowest BCUT2D eigenvalue weighted by molar-refractivity contribution is -0.143. The number of ether oxygens (including phenoxy) is 2. The third-order valence-corrected chi connectivity index (χ3v) is 3.47. The molecule has 1 heterocycles. The van der Waals surface area contributed by atoms with E-state index in [0.717, 1.165) is 5.75 Å². The van der Waals surface area contributed by atoms with Gasteiger partial charge in [-0.15, -0.1) is 0 Å². The molecule has 1 N–H and O–H groups in total. The average Bonchev–Trinajstić information content (AvgIpc) is 2.54. The van der Waals surface area contributed by atoms with E-state index in [1.165, 1.54) is 0 Å². The summed E-state index contributed by atoms with van der Waals surface area (Å²) in [5.41, 5.74) is -0.499. The van der Waals surface area contributed by atoms with Crippen molar-refractivity contribution >= 4 is 12.1 Å². The molecule has 1 aliphatic rings. The molecule has 1 aromatic rings. The molecule has 0 spiro atoms. The molecule has 0 aliphatic carbocycles. The molecule has 1 aromatic carbocycles. The number of aliphatic carboxylic acids is 1. The molecule has 1 amide bonds. The van der Waals surface area contributed by atoms with Gasteiger partial charge in [-0.25, -0.2) is 4.79 Å². The van der Waals surface area contributed by atoms with Crippen molar-refractivity contribution in [1.29, 1.82) is 0 Å². The standard InChI is InChI=1S/C11H19NO4.C7H8O/c1-11(2,3)16-10(15)12-6-4-8(5-7-12)9(13)14;1-8-7-5-3-2-4-6-7/h8H,4-7H2,1-3H3,(H,13,14);2-6H,1H3. The van der Waals surface area contributed by atoms with E-state index in [-0.39, 0.29) is 12.0 Å². The number of piperidine rings is 1. The van der Waals surface area contributed by atoms with Crippen molar-refractivity contribution in [2.75, 3.05) is 20.2 Å². The number of hydrogen-bond acceptors (Lipinski definition) is 4. The first-order valence-corrected chi connectivity index (χ1v) is 8.02. The number of para-hydroxylation sites is 1. The fourth-order valence-electron chi connectivity index (χ4n) is 2.19. The topological polar surface area (TPSA) is 76.1 Å². The van der Waals surface area contributed by atoms with Crippen molar-refractivity contribution in [1.82, 2.24) is 4.90 Å². The van der Waals surface area contributed by atoms with Gasteiger partial charge in [0.05, 0.1) is 13.0 Å². The van der Waals surface area contributed by atoms with Crippen molar-refractivity contribution in [2.45, 2.75) is 39.2 Å². The zero-order chi connectivity index (χ0) is 18.2. The van der Waals surface area contributed by atoms with Crippen LogP contribution in [0.1, 0.15) is 33.6 Å². The fraction of sp³-hybridized carbons (Fsp3) is 0.556. The second-order valence-electron chi connectivity index (χ2n) is 6.60. The molecular weight excluding hydrogens is 310 g/mol. The zero-order valence-corrected chi connectivity index (χ0v) is 14.8. The number of amides is 1. The van der Waals surface area contributed by atoms with E-state index in [9.17, 15) is 9.59 Å². The first-order chi connectivity index (χ1) is 11.2. The van der Waals surface area contributed by atoms with Crippen LogP contribution < -0.4 is 4.74 Å². The quantitative estimate of drug-likeness (QED) is 0.895. The molecule has 0 aromatic heterocycles. The Labute approximate surface area is 143 Å². The van der Waals surface area contributed by atoms with E-state index in [1.807, 2.05) is 51.1 Å². The second kappa shape index (κ2) is 9.15. The molecular formula is C18H27NO5. The van der Waals surface area contributed by atoms with Gasteiger partial charge in [0, 0.05) is 13.1 Å². The lowest BCUT2D eigenvalue weighted by atomic mass is 9.97. The Morgan fingerprint density at radius 1 is 1.12 bits per heavy atom. The normalized spacial score (nSPS) is 15.1. The summed E-state index contributed by atoms with van der Waals surface area (Å²) in [4.78, 5) is 23.9. The van der Waals surface area contributed by atoms with Gasteiger partial charge in [-0.1, -0.05) is 18.2 Å². The summed E-state index contributed by atoms with van der Waals surface area (Å²) in [7, 11) is 1.66. The highest BCUT2D eigenvalue weighted by Gasteiger charge is 2.29. The summed E-state index contributed by atoms with van der Waals surface area (Å²) in [6.45, 7) is 6.37. The lowest BCUT2D eigenvalue weighted by Gasteiger charge is -2.32. The van der Waals surface area contributed by atoms with Crippen LogP contribution in [-0.2, 0) is 9.53 Å². The van der Waals surface area contributed by atoms with Gasteiger partial charge >= 0.3 is 12.1 Å². The summed E-state index contributed by atoms with van der Waals surface area (Å²) < 4.78 is 10.1. The molecule has 0 bridgehead atoms. The Morgan fingerprint density at radius 3 is 2.04 bits per heavy atom. The predicted molar refractivity (Wildman–Crippen MR) is 91.2 cm³/mol. The Bertz CT molecular complexity index is 516. The van der Waals surface area contributed by atoms with Gasteiger partial charge in [0.15, 0.2) is 0 Å². The number of carbonyl (C=O) groups is 2. The number of carbonyl (C=O) groups excluding carboxylic acids is 1. The SMILES string of the molecule is CC(C)(C)OC(=O)N1CCC(C(=O)O)CC1.COc1ccccc1. The Kier molecular flexibility index (Phi) is 7.55. The van der Waals surface area contributed by atoms with Crippen molar-refractivity contribution in [2.24, 2.45) is 5.92 Å². The monoisotopic (exact) mass is 337 g/mol. The number of rotatable bonds is 2. The van der Waals surface area contributed by atoms with Crippen LogP contribution in [0.25, 0.3) is 0 Å². The maximum Gasteiger partial charge on any atom is 0.410 e. The predicted octanol–water partition coefficient (Wildman–Crippen LogP) is 3.41. The summed E-state index contributed by atoms with van der Waals surface area (Å²) in [6, 6.07) is 9.68. The number of likely N-dealkylation sites (tertiary alicyclic amines) is 1. The van der Waals surface area contributed by atoms with Crippen molar-refractivity contribution in [3.8, 4) is 5.75 Å². The van der Waals surface area contributed by atoms with Crippen molar-refractivity contribution < 1.29 is 24.2 Å². The molecule has 1 fully saturated rings. The van der Waals surface area contributed by atoms with E-state index in [2.05, 4.69) is 0 Å². The lowest BCUT2D eigenvalue weighted by Crippen LogP contribution is -2.42. The van der Waals surface area contributed by atoms with Crippen LogP contribution in [0.4, 0.5) is 4.79 Å². The number of hydrogen-bond donors (Lipinski definition) is 1. The highest BCUT2D eigenvalue weighted by Crippen LogP contribution is 2.19. The number of nitrogens with zero attached hydrogens (tertiary/aromatic N) is 1. The van der Waals surface area contributed by atoms with E-state index in [4.69, 9.17) is 14.6 Å². The Hall–Kier alpha value is -2.24. The van der Waals surface area contributed by atoms with E-state index in [1.54, 1.807) is 12.0 Å². The van der Waals surface area contributed by atoms with Gasteiger partial charge in [0.1, 0.15) is 11.4 Å². The highest BCUT2D eigenvalue weighted by molar-refractivity contribution is 5.71. The van der Waals surface area contributed by atoms with Crippen LogP contribution in [0.15, 0.2) is 30.3 Å². The number of benzene rings is 1. The van der Waals surface area contributed by atoms with Gasteiger partial charge in [-0.3, -0.25) is 4.79 Å². The maximum atomic E-state index is 11.6. The van der Waals surface area contributed by atoms with Gasteiger partial charge < -0.3 is 19.5 Å². The molecule has 0 saturated carbocycles. The van der Waals surface area contributed by atoms with Crippen LogP contribution in [0.3, 0.4) is 0 Å². The Morgan fingerprint density at radius 2 is 1.67 bits per heavy atom. The molecule has 2 rings (SSSR count). The number of methoxy groups -OCH3 is 1. The minimum atomic E-state index is -0.774. The first-order valence-electron chi connectivity index (χ1n) is 8.02. The molecule has 6 heteroatoms. The average molecular weight is 337 g/mol. The van der Waals surface area contributed by atoms with Crippen LogP contribution in [0, 0.1) is 5.92 Å². The second-order valence-corrected chi connectivity index (χ2v) is 6.60. The molecule has 24 heavy (non-hydrogen) atoms. The van der Waals surface area contributed by atoms with Crippen molar-refractivity contribution in [3.63, 3.8) is 0 Å². The minimum Gasteiger partial charge on any atom is -0.497 e. The number of carboxylic acids is 1. The smallest absolute Gasteiger partial charge is 0.410 e. The molecule has 1 saturated heterocycles. The van der Waals surface area contributed by atoms with Crippen LogP contribution >= 0.6 is 0 Å². The van der Waals surface area contributed by atoms with Crippen LogP contribution in [-0.4, -0.2) is 47.9 Å². The molecule has 6 nitrogen and oxygen atoms in total. The summed E-state index contributed by atoms with van der Waals surface area (Å²) in [5.74, 6) is -0.185. The fourth-order valence-corrected chi connectivity index (χ4v) is 2.19. The van der Waals surface area contributed by atoms with Crippen molar-refractivity contribution in [3.05, 3.63) is 30.3 Å². The summed E-state index contributed by atoms with van der Waals surface area (Å²) in [6.07, 6.45) is 0.666. The van der Waals surface area contributed by atoms with Crippen LogP contribution in [0.2, 0.25) is 0 Å².